The van der Waals surface area contributed by atoms with E-state index in [0.717, 1.165) is 5.56 Å². The number of carbonyl (C=O) groups is 1. The fourth-order valence-corrected chi connectivity index (χ4v) is 1.09. The highest BCUT2D eigenvalue weighted by Crippen LogP contribution is 2.15. The van der Waals surface area contributed by atoms with Gasteiger partial charge in [0.25, 0.3) is 0 Å². The number of nitrogen functional groups attached to an aromatic ring is 1. The van der Waals surface area contributed by atoms with E-state index in [1.807, 2.05) is 0 Å². The van der Waals surface area contributed by atoms with Crippen molar-refractivity contribution in [1.82, 2.24) is 0 Å². The van der Waals surface area contributed by atoms with Crippen LogP contribution in [0.3, 0.4) is 0 Å². The van der Waals surface area contributed by atoms with E-state index in [-0.39, 0.29) is 5.56 Å². The van der Waals surface area contributed by atoms with E-state index in [1.54, 1.807) is 6.07 Å². The van der Waals surface area contributed by atoms with E-state index in [2.05, 4.69) is 0 Å². The molecule has 0 radical (unpaired) electrons. The van der Waals surface area contributed by atoms with E-state index >= 15 is 0 Å². The summed E-state index contributed by atoms with van der Waals surface area (Å²) in [7, 11) is 0. The molecule has 0 fully saturated rings. The summed E-state index contributed by atoms with van der Waals surface area (Å²) in [4.78, 5) is 10.5. The van der Waals surface area contributed by atoms with Crippen LogP contribution in [0.25, 0.3) is 0 Å². The van der Waals surface area contributed by atoms with Crippen LogP contribution < -0.4 is 5.73 Å². The molecule has 0 heterocycles. The first-order valence-electron chi connectivity index (χ1n) is 3.33. The van der Waals surface area contributed by atoms with Gasteiger partial charge in [-0.1, -0.05) is 6.07 Å². The highest BCUT2D eigenvalue weighted by atomic mass is 35.5. The fraction of sp³-hybridized carbons (Fsp3) is 0.125. The minimum absolute atomic E-state index is 0.182. The Morgan fingerprint density at radius 1 is 1.58 bits per heavy atom. The van der Waals surface area contributed by atoms with Gasteiger partial charge in [0.15, 0.2) is 0 Å². The van der Waals surface area contributed by atoms with Gasteiger partial charge in [0.1, 0.15) is 0 Å². The molecule has 0 bridgehead atoms. The van der Waals surface area contributed by atoms with Crippen LogP contribution in [0.1, 0.15) is 15.9 Å². The predicted octanol–water partition coefficient (Wildman–Crippen LogP) is 1.71. The highest BCUT2D eigenvalue weighted by Gasteiger charge is 2.04. The van der Waals surface area contributed by atoms with Crippen LogP contribution in [0.2, 0.25) is 0 Å². The second kappa shape index (κ2) is 3.45. The molecule has 0 amide bonds. The molecule has 0 spiro atoms. The summed E-state index contributed by atoms with van der Waals surface area (Å²) >= 11 is 5.54. The number of anilines is 1. The number of aromatic carboxylic acids is 1. The molecule has 1 rings (SSSR count). The van der Waals surface area contributed by atoms with Crippen molar-refractivity contribution in [2.75, 3.05) is 5.73 Å². The van der Waals surface area contributed by atoms with Crippen LogP contribution in [0.5, 0.6) is 0 Å². The summed E-state index contributed by atoms with van der Waals surface area (Å²) in [6.45, 7) is 0. The average Bonchev–Trinajstić information content (AvgIpc) is 2.04. The number of alkyl halides is 1. The molecular weight excluding hydrogens is 178 g/mol. The zero-order chi connectivity index (χ0) is 9.14. The molecule has 0 aliphatic carbocycles. The van der Waals surface area contributed by atoms with E-state index in [9.17, 15) is 4.79 Å². The first-order valence-corrected chi connectivity index (χ1v) is 3.86. The number of benzene rings is 1. The van der Waals surface area contributed by atoms with E-state index in [0.29, 0.717) is 11.6 Å². The van der Waals surface area contributed by atoms with Crippen LogP contribution in [-0.4, -0.2) is 11.1 Å². The number of hydrogen-bond acceptors (Lipinski definition) is 2. The molecule has 3 N–H and O–H groups in total. The second-order valence-electron chi connectivity index (χ2n) is 2.35. The minimum atomic E-state index is -0.983. The Morgan fingerprint density at radius 2 is 2.25 bits per heavy atom. The SMILES string of the molecule is Nc1cc(C(=O)O)ccc1CCl. The number of carboxylic acid groups (broad SMARTS) is 1. The molecule has 0 unspecified atom stereocenters. The Morgan fingerprint density at radius 3 is 2.67 bits per heavy atom. The molecule has 3 nitrogen and oxygen atoms in total. The smallest absolute Gasteiger partial charge is 0.335 e. The van der Waals surface area contributed by atoms with E-state index in [1.165, 1.54) is 12.1 Å². The zero-order valence-corrected chi connectivity index (χ0v) is 7.01. The van der Waals surface area contributed by atoms with Crippen LogP contribution in [0, 0.1) is 0 Å². The topological polar surface area (TPSA) is 63.3 Å². The molecule has 0 saturated carbocycles. The molecule has 0 aromatic heterocycles. The van der Waals surface area contributed by atoms with E-state index < -0.39 is 5.97 Å². The Labute approximate surface area is 74.8 Å². The third-order valence-electron chi connectivity index (χ3n) is 1.54. The maximum Gasteiger partial charge on any atom is 0.335 e. The average molecular weight is 186 g/mol. The van der Waals surface area contributed by atoms with Gasteiger partial charge >= 0.3 is 5.97 Å². The van der Waals surface area contributed by atoms with Gasteiger partial charge in [-0.25, -0.2) is 4.79 Å². The molecule has 0 aliphatic rings. The lowest BCUT2D eigenvalue weighted by Crippen LogP contribution is -1.99. The number of carboxylic acids is 1. The van der Waals surface area contributed by atoms with E-state index in [4.69, 9.17) is 22.4 Å². The van der Waals surface area contributed by atoms with Crippen LogP contribution in [0.15, 0.2) is 18.2 Å². The van der Waals surface area contributed by atoms with Gasteiger partial charge in [-0.3, -0.25) is 0 Å². The summed E-state index contributed by atoms with van der Waals surface area (Å²) in [5.41, 5.74) is 6.88. The normalized spacial score (nSPS) is 9.75. The molecule has 0 saturated heterocycles. The highest BCUT2D eigenvalue weighted by molar-refractivity contribution is 6.17. The number of nitrogens with two attached hydrogens (primary N) is 1. The van der Waals surface area contributed by atoms with Crippen molar-refractivity contribution in [2.24, 2.45) is 0 Å². The molecule has 12 heavy (non-hydrogen) atoms. The lowest BCUT2D eigenvalue weighted by molar-refractivity contribution is 0.0697. The van der Waals surface area contributed by atoms with Gasteiger partial charge in [0, 0.05) is 11.6 Å². The largest absolute Gasteiger partial charge is 0.478 e. The quantitative estimate of drug-likeness (QED) is 0.545. The second-order valence-corrected chi connectivity index (χ2v) is 2.62. The summed E-state index contributed by atoms with van der Waals surface area (Å²) in [5, 5.41) is 8.58. The molecule has 0 aliphatic heterocycles. The molecule has 4 heteroatoms. The minimum Gasteiger partial charge on any atom is -0.478 e. The predicted molar refractivity (Wildman–Crippen MR) is 47.4 cm³/mol. The van der Waals surface area contributed by atoms with Crippen molar-refractivity contribution in [3.8, 4) is 0 Å². The van der Waals surface area contributed by atoms with Crippen molar-refractivity contribution in [2.45, 2.75) is 5.88 Å². The number of rotatable bonds is 2. The van der Waals surface area contributed by atoms with Crippen LogP contribution in [0.4, 0.5) is 5.69 Å². The van der Waals surface area contributed by atoms with Crippen molar-refractivity contribution in [1.29, 1.82) is 0 Å². The lowest BCUT2D eigenvalue weighted by Gasteiger charge is -2.01. The first kappa shape index (κ1) is 8.87. The van der Waals surface area contributed by atoms with Gasteiger partial charge < -0.3 is 10.8 Å². The fourth-order valence-electron chi connectivity index (χ4n) is 0.850. The molecule has 1 aromatic carbocycles. The maximum atomic E-state index is 10.5. The third-order valence-corrected chi connectivity index (χ3v) is 1.82. The van der Waals surface area contributed by atoms with Crippen LogP contribution in [-0.2, 0) is 5.88 Å². The zero-order valence-electron chi connectivity index (χ0n) is 6.25. The van der Waals surface area contributed by atoms with Gasteiger partial charge in [-0.05, 0) is 17.7 Å². The van der Waals surface area contributed by atoms with Crippen molar-refractivity contribution in [3.63, 3.8) is 0 Å². The first-order chi connectivity index (χ1) is 5.65. The Bertz CT molecular complexity index is 312. The summed E-state index contributed by atoms with van der Waals surface area (Å²) < 4.78 is 0. The van der Waals surface area contributed by atoms with Gasteiger partial charge in [0.05, 0.1) is 5.56 Å². The Balaban J connectivity index is 3.10. The van der Waals surface area contributed by atoms with Crippen molar-refractivity contribution < 1.29 is 9.90 Å². The third kappa shape index (κ3) is 1.68. The Hall–Kier alpha value is -1.22. The summed E-state index contributed by atoms with van der Waals surface area (Å²) in [6.07, 6.45) is 0. The summed E-state index contributed by atoms with van der Waals surface area (Å²) in [5.74, 6) is -0.686. The summed E-state index contributed by atoms with van der Waals surface area (Å²) in [6, 6.07) is 4.50. The molecule has 1 aromatic rings. The van der Waals surface area contributed by atoms with Crippen molar-refractivity contribution in [3.05, 3.63) is 29.3 Å². The van der Waals surface area contributed by atoms with Gasteiger partial charge in [-0.15, -0.1) is 11.6 Å². The number of halogens is 1. The lowest BCUT2D eigenvalue weighted by atomic mass is 10.1. The van der Waals surface area contributed by atoms with Gasteiger partial charge in [0.2, 0.25) is 0 Å². The standard InChI is InChI=1S/C8H8ClNO2/c9-4-6-2-1-5(8(11)12)3-7(6)10/h1-3H,4,10H2,(H,11,12). The van der Waals surface area contributed by atoms with Crippen LogP contribution >= 0.6 is 11.6 Å². The van der Waals surface area contributed by atoms with Gasteiger partial charge in [-0.2, -0.15) is 0 Å². The van der Waals surface area contributed by atoms with Crippen molar-refractivity contribution >= 4 is 23.3 Å². The Kier molecular flexibility index (Phi) is 2.55. The monoisotopic (exact) mass is 185 g/mol. The maximum absolute atomic E-state index is 10.5. The number of hydrogen-bond donors (Lipinski definition) is 2. The molecule has 64 valence electrons. The molecule has 0 atom stereocenters. The molecular formula is C8H8ClNO2.